The minimum Gasteiger partial charge on any atom is -0.457 e. The van der Waals surface area contributed by atoms with Crippen molar-refractivity contribution < 1.29 is 9.53 Å². The number of nitrogens with two attached hydrogens (primary N) is 1. The molecular formula is C14H10Cl3NO2. The molecule has 2 N–H and O–H groups in total. The Morgan fingerprint density at radius 1 is 1.00 bits per heavy atom. The van der Waals surface area contributed by atoms with Crippen molar-refractivity contribution in [3.63, 3.8) is 0 Å². The summed E-state index contributed by atoms with van der Waals surface area (Å²) in [5.41, 5.74) is 6.60. The maximum Gasteiger partial charge on any atom is 0.342 e. The number of rotatable bonds is 3. The molecule has 3 nitrogen and oxygen atoms in total. The first-order valence-corrected chi connectivity index (χ1v) is 6.78. The van der Waals surface area contributed by atoms with E-state index in [4.69, 9.17) is 45.3 Å². The molecule has 104 valence electrons. The van der Waals surface area contributed by atoms with E-state index in [-0.39, 0.29) is 27.9 Å². The Kier molecular flexibility index (Phi) is 4.76. The summed E-state index contributed by atoms with van der Waals surface area (Å²) in [5, 5.41) is 0.959. The van der Waals surface area contributed by atoms with Gasteiger partial charge in [0.2, 0.25) is 0 Å². The number of hydrogen-bond acceptors (Lipinski definition) is 3. The van der Waals surface area contributed by atoms with E-state index in [1.54, 1.807) is 24.3 Å². The zero-order valence-electron chi connectivity index (χ0n) is 10.2. The lowest BCUT2D eigenvalue weighted by Gasteiger charge is -2.10. The fourth-order valence-corrected chi connectivity index (χ4v) is 2.20. The highest BCUT2D eigenvalue weighted by Gasteiger charge is 2.18. The number of carbonyl (C=O) groups excluding carboxylic acids is 1. The van der Waals surface area contributed by atoms with Crippen molar-refractivity contribution in [3.8, 4) is 0 Å². The van der Waals surface area contributed by atoms with E-state index < -0.39 is 5.97 Å². The van der Waals surface area contributed by atoms with Crippen LogP contribution in [0.1, 0.15) is 15.9 Å². The topological polar surface area (TPSA) is 52.3 Å². The lowest BCUT2D eigenvalue weighted by molar-refractivity contribution is 0.0474. The molecule has 0 aliphatic carbocycles. The summed E-state index contributed by atoms with van der Waals surface area (Å²) in [6, 6.07) is 10.1. The number of anilines is 1. The van der Waals surface area contributed by atoms with E-state index in [2.05, 4.69) is 0 Å². The van der Waals surface area contributed by atoms with Crippen LogP contribution in [0, 0.1) is 0 Å². The average Bonchev–Trinajstić information content (AvgIpc) is 2.42. The summed E-state index contributed by atoms with van der Waals surface area (Å²) >= 11 is 17.8. The summed E-state index contributed by atoms with van der Waals surface area (Å²) in [6.45, 7) is 0.0286. The fourth-order valence-electron chi connectivity index (χ4n) is 1.61. The van der Waals surface area contributed by atoms with Crippen LogP contribution in [0.15, 0.2) is 36.4 Å². The molecule has 0 spiro atoms. The van der Waals surface area contributed by atoms with E-state index in [9.17, 15) is 4.79 Å². The van der Waals surface area contributed by atoms with Gasteiger partial charge in [-0.1, -0.05) is 53.0 Å². The average molecular weight is 331 g/mol. The normalized spacial score (nSPS) is 10.3. The van der Waals surface area contributed by atoms with Crippen molar-refractivity contribution in [1.82, 2.24) is 0 Å². The molecule has 0 aliphatic rings. The van der Waals surface area contributed by atoms with E-state index in [1.807, 2.05) is 0 Å². The third kappa shape index (κ3) is 3.18. The smallest absolute Gasteiger partial charge is 0.342 e. The standard InChI is InChI=1S/C14H10Cl3NO2/c15-9-4-2-1-3-8(9)7-20-14(19)12-10(16)5-6-11(17)13(12)18/h1-6H,7,18H2. The van der Waals surface area contributed by atoms with Crippen molar-refractivity contribution in [2.75, 3.05) is 5.73 Å². The van der Waals surface area contributed by atoms with Crippen LogP contribution in [0.5, 0.6) is 0 Å². The van der Waals surface area contributed by atoms with Crippen molar-refractivity contribution in [2.45, 2.75) is 6.61 Å². The molecule has 0 unspecified atom stereocenters. The van der Waals surface area contributed by atoms with Crippen LogP contribution in [-0.2, 0) is 11.3 Å². The molecule has 0 heterocycles. The van der Waals surface area contributed by atoms with Crippen LogP contribution < -0.4 is 5.73 Å². The Morgan fingerprint density at radius 3 is 2.35 bits per heavy atom. The minimum atomic E-state index is -0.644. The third-order valence-electron chi connectivity index (χ3n) is 2.66. The first-order valence-electron chi connectivity index (χ1n) is 5.64. The number of nitrogen functional groups attached to an aromatic ring is 1. The molecule has 2 rings (SSSR count). The second-order valence-electron chi connectivity index (χ2n) is 3.99. The summed E-state index contributed by atoms with van der Waals surface area (Å²) < 4.78 is 5.17. The highest BCUT2D eigenvalue weighted by atomic mass is 35.5. The number of halogens is 3. The van der Waals surface area contributed by atoms with Crippen molar-refractivity contribution in [3.05, 3.63) is 62.6 Å². The Balaban J connectivity index is 2.18. The predicted molar refractivity (Wildman–Crippen MR) is 81.4 cm³/mol. The van der Waals surface area contributed by atoms with Gasteiger partial charge in [0.15, 0.2) is 0 Å². The van der Waals surface area contributed by atoms with Crippen LogP contribution in [0.25, 0.3) is 0 Å². The number of ether oxygens (including phenoxy) is 1. The van der Waals surface area contributed by atoms with Gasteiger partial charge in [-0.3, -0.25) is 0 Å². The first-order chi connectivity index (χ1) is 9.50. The Labute approximate surface area is 131 Å². The third-order valence-corrected chi connectivity index (χ3v) is 3.68. The molecule has 2 aromatic rings. The van der Waals surface area contributed by atoms with Crippen LogP contribution in [0.3, 0.4) is 0 Å². The summed E-state index contributed by atoms with van der Waals surface area (Å²) in [5.74, 6) is -0.644. The summed E-state index contributed by atoms with van der Waals surface area (Å²) in [4.78, 5) is 12.0. The zero-order valence-corrected chi connectivity index (χ0v) is 12.5. The first kappa shape index (κ1) is 15.0. The second kappa shape index (κ2) is 6.35. The number of hydrogen-bond donors (Lipinski definition) is 1. The molecule has 0 atom stereocenters. The van der Waals surface area contributed by atoms with Gasteiger partial charge in [0.1, 0.15) is 12.2 Å². The Morgan fingerprint density at radius 2 is 1.65 bits per heavy atom. The van der Waals surface area contributed by atoms with E-state index >= 15 is 0 Å². The summed E-state index contributed by atoms with van der Waals surface area (Å²) in [7, 11) is 0. The summed E-state index contributed by atoms with van der Waals surface area (Å²) in [6.07, 6.45) is 0. The molecule has 0 radical (unpaired) electrons. The Hall–Kier alpha value is -1.42. The maximum atomic E-state index is 12.0. The van der Waals surface area contributed by atoms with Gasteiger partial charge in [0.25, 0.3) is 0 Å². The number of esters is 1. The van der Waals surface area contributed by atoms with Gasteiger partial charge in [-0.05, 0) is 18.2 Å². The largest absolute Gasteiger partial charge is 0.457 e. The van der Waals surface area contributed by atoms with Gasteiger partial charge in [0.05, 0.1) is 15.7 Å². The lowest BCUT2D eigenvalue weighted by atomic mass is 10.2. The van der Waals surface area contributed by atoms with E-state index in [1.165, 1.54) is 12.1 Å². The van der Waals surface area contributed by atoms with Gasteiger partial charge in [-0.2, -0.15) is 0 Å². The molecule has 0 saturated heterocycles. The number of carbonyl (C=O) groups is 1. The molecule has 0 saturated carbocycles. The lowest BCUT2D eigenvalue weighted by Crippen LogP contribution is -2.09. The number of benzene rings is 2. The molecule has 6 heteroatoms. The second-order valence-corrected chi connectivity index (χ2v) is 5.21. The fraction of sp³-hybridized carbons (Fsp3) is 0.0714. The van der Waals surface area contributed by atoms with Crippen LogP contribution in [0.2, 0.25) is 15.1 Å². The van der Waals surface area contributed by atoms with Crippen molar-refractivity contribution >= 4 is 46.5 Å². The van der Waals surface area contributed by atoms with Gasteiger partial charge < -0.3 is 10.5 Å². The predicted octanol–water partition coefficient (Wildman–Crippen LogP) is 4.59. The van der Waals surface area contributed by atoms with E-state index in [0.29, 0.717) is 10.6 Å². The van der Waals surface area contributed by atoms with Crippen LogP contribution >= 0.6 is 34.8 Å². The van der Waals surface area contributed by atoms with Crippen LogP contribution in [-0.4, -0.2) is 5.97 Å². The van der Waals surface area contributed by atoms with Gasteiger partial charge in [0, 0.05) is 10.6 Å². The SMILES string of the molecule is Nc1c(Cl)ccc(Cl)c1C(=O)OCc1ccccc1Cl. The molecule has 20 heavy (non-hydrogen) atoms. The highest BCUT2D eigenvalue weighted by Crippen LogP contribution is 2.30. The molecular weight excluding hydrogens is 321 g/mol. The molecule has 2 aromatic carbocycles. The molecule has 0 amide bonds. The highest BCUT2D eigenvalue weighted by molar-refractivity contribution is 6.38. The van der Waals surface area contributed by atoms with Crippen LogP contribution in [0.4, 0.5) is 5.69 Å². The molecule has 0 aliphatic heterocycles. The zero-order chi connectivity index (χ0) is 14.7. The maximum absolute atomic E-state index is 12.0. The quantitative estimate of drug-likeness (QED) is 0.661. The minimum absolute atomic E-state index is 0.0286. The molecule has 0 fully saturated rings. The van der Waals surface area contributed by atoms with E-state index in [0.717, 1.165) is 0 Å². The Bertz CT molecular complexity index is 659. The monoisotopic (exact) mass is 329 g/mol. The van der Waals surface area contributed by atoms with Crippen molar-refractivity contribution in [1.29, 1.82) is 0 Å². The van der Waals surface area contributed by atoms with Gasteiger partial charge >= 0.3 is 5.97 Å². The van der Waals surface area contributed by atoms with Crippen molar-refractivity contribution in [2.24, 2.45) is 0 Å². The van der Waals surface area contributed by atoms with Gasteiger partial charge in [-0.25, -0.2) is 4.79 Å². The molecule has 0 aromatic heterocycles. The van der Waals surface area contributed by atoms with Gasteiger partial charge in [-0.15, -0.1) is 0 Å². The molecule has 0 bridgehead atoms.